The molecule has 0 aromatic rings. The standard InChI is InChI=1S/C36H58O5/c1-29(2)17-22-21-11-12-24-32(7)15-14-25-33(8,19-30(3,4)39-25)23(32)13-16-34(24,9)35(21,10)18-26-36(22,20-37)28(27(29)38)41-31(5,6)40-26/h11,22-28,37-38H,12-20H2,1-10H3/t22-,23+,24+,25-,26+,27-,28-,32-,33+,34+,35+,36-/m0/s1. The summed E-state index contributed by atoms with van der Waals surface area (Å²) in [5.74, 6) is 0.622. The highest BCUT2D eigenvalue weighted by atomic mass is 16.7. The van der Waals surface area contributed by atoms with Gasteiger partial charge in [-0.15, -0.1) is 0 Å². The van der Waals surface area contributed by atoms with E-state index >= 15 is 0 Å². The Morgan fingerprint density at radius 2 is 1.51 bits per heavy atom. The van der Waals surface area contributed by atoms with Crippen LogP contribution in [0.25, 0.3) is 0 Å². The van der Waals surface area contributed by atoms with Crippen molar-refractivity contribution in [2.75, 3.05) is 6.61 Å². The van der Waals surface area contributed by atoms with Gasteiger partial charge in [-0.3, -0.25) is 0 Å². The van der Waals surface area contributed by atoms with Crippen LogP contribution in [0, 0.1) is 50.2 Å². The molecular weight excluding hydrogens is 512 g/mol. The zero-order chi connectivity index (χ0) is 29.8. The topological polar surface area (TPSA) is 68.2 Å². The molecule has 7 aliphatic rings. The first kappa shape index (κ1) is 29.3. The lowest BCUT2D eigenvalue weighted by Crippen LogP contribution is -2.75. The molecule has 6 fully saturated rings. The molecule has 2 heterocycles. The summed E-state index contributed by atoms with van der Waals surface area (Å²) in [5, 5.41) is 22.9. The van der Waals surface area contributed by atoms with Crippen LogP contribution in [0.5, 0.6) is 0 Å². The summed E-state index contributed by atoms with van der Waals surface area (Å²) >= 11 is 0. The van der Waals surface area contributed by atoms with Gasteiger partial charge < -0.3 is 24.4 Å². The van der Waals surface area contributed by atoms with Crippen LogP contribution in [0.1, 0.15) is 121 Å². The smallest absolute Gasteiger partial charge is 0.163 e. The van der Waals surface area contributed by atoms with E-state index < -0.39 is 23.4 Å². The van der Waals surface area contributed by atoms with Gasteiger partial charge in [0, 0.05) is 0 Å². The lowest BCUT2D eigenvalue weighted by Gasteiger charge is -2.74. The van der Waals surface area contributed by atoms with E-state index in [9.17, 15) is 10.2 Å². The van der Waals surface area contributed by atoms with E-state index in [2.05, 4.69) is 61.5 Å². The molecule has 2 N–H and O–H groups in total. The third-order valence-electron chi connectivity index (χ3n) is 15.2. The lowest BCUT2D eigenvalue weighted by molar-refractivity contribution is -0.403. The molecule has 5 aliphatic carbocycles. The Hall–Kier alpha value is -0.460. The fraction of sp³-hybridized carbons (Fsp3) is 0.944. The number of hydrogen-bond donors (Lipinski definition) is 2. The minimum atomic E-state index is -0.800. The zero-order valence-electron chi connectivity index (χ0n) is 27.6. The number of hydrogen-bond acceptors (Lipinski definition) is 5. The number of aliphatic hydroxyl groups excluding tert-OH is 2. The van der Waals surface area contributed by atoms with Crippen molar-refractivity contribution < 1.29 is 24.4 Å². The van der Waals surface area contributed by atoms with Crippen LogP contribution in [0.15, 0.2) is 11.6 Å². The molecule has 2 saturated heterocycles. The predicted molar refractivity (Wildman–Crippen MR) is 160 cm³/mol. The molecule has 0 bridgehead atoms. The van der Waals surface area contributed by atoms with Gasteiger partial charge in [0.2, 0.25) is 0 Å². The Morgan fingerprint density at radius 3 is 2.20 bits per heavy atom. The van der Waals surface area contributed by atoms with Gasteiger partial charge in [-0.25, -0.2) is 0 Å². The molecular formula is C36H58O5. The summed E-state index contributed by atoms with van der Waals surface area (Å²) in [5.41, 5.74) is 1.21. The molecule has 0 spiro atoms. The van der Waals surface area contributed by atoms with Crippen LogP contribution < -0.4 is 0 Å². The molecule has 0 radical (unpaired) electrons. The summed E-state index contributed by atoms with van der Waals surface area (Å²) in [6.07, 6.45) is 10.7. The molecule has 232 valence electrons. The normalized spacial score (nSPS) is 57.8. The molecule has 0 aromatic carbocycles. The van der Waals surface area contributed by atoms with Gasteiger partial charge in [-0.05, 0) is 124 Å². The highest BCUT2D eigenvalue weighted by Gasteiger charge is 2.75. The van der Waals surface area contributed by atoms with Crippen LogP contribution in [0.4, 0.5) is 0 Å². The van der Waals surface area contributed by atoms with Crippen LogP contribution in [0.3, 0.4) is 0 Å². The summed E-state index contributed by atoms with van der Waals surface area (Å²) in [6.45, 7) is 23.4. The number of rotatable bonds is 1. The first-order valence-electron chi connectivity index (χ1n) is 16.8. The van der Waals surface area contributed by atoms with Crippen LogP contribution in [0.2, 0.25) is 0 Å². The molecule has 5 nitrogen and oxygen atoms in total. The van der Waals surface area contributed by atoms with Gasteiger partial charge in [0.25, 0.3) is 0 Å². The van der Waals surface area contributed by atoms with Gasteiger partial charge in [0.15, 0.2) is 5.79 Å². The molecule has 4 saturated carbocycles. The van der Waals surface area contributed by atoms with E-state index in [-0.39, 0.29) is 51.3 Å². The Morgan fingerprint density at radius 1 is 0.805 bits per heavy atom. The molecule has 7 rings (SSSR count). The van der Waals surface area contributed by atoms with Gasteiger partial charge >= 0.3 is 0 Å². The zero-order valence-corrected chi connectivity index (χ0v) is 27.6. The van der Waals surface area contributed by atoms with Crippen molar-refractivity contribution in [2.45, 2.75) is 156 Å². The number of fused-ring (bicyclic) bond motifs is 8. The highest BCUT2D eigenvalue weighted by Crippen LogP contribution is 2.77. The van der Waals surface area contributed by atoms with Crippen molar-refractivity contribution in [2.24, 2.45) is 50.2 Å². The third kappa shape index (κ3) is 3.43. The molecule has 12 atom stereocenters. The van der Waals surface area contributed by atoms with Crippen LogP contribution in [-0.4, -0.2) is 52.6 Å². The Balaban J connectivity index is 1.34. The lowest BCUT2D eigenvalue weighted by atomic mass is 9.32. The second-order valence-electron chi connectivity index (χ2n) is 18.6. The second-order valence-corrected chi connectivity index (χ2v) is 18.6. The van der Waals surface area contributed by atoms with Gasteiger partial charge in [-0.2, -0.15) is 0 Å². The van der Waals surface area contributed by atoms with Crippen molar-refractivity contribution >= 4 is 0 Å². The van der Waals surface area contributed by atoms with Crippen molar-refractivity contribution in [1.29, 1.82) is 0 Å². The minimum Gasteiger partial charge on any atom is -0.396 e. The SMILES string of the molecule is CC1(C)C[C@]2(C)[C@@H]3CC[C@]4(C)[C@H](CC=C5[C@@H]6CC(C)(C)[C@@H](O)[C@@H]7OC(C)(C)O[C@H](C[C@]54C)[C@]67CO)[C@@]3(C)CC[C@@H]2O1. The largest absolute Gasteiger partial charge is 0.396 e. The van der Waals surface area contributed by atoms with Gasteiger partial charge in [0.05, 0.1) is 42.0 Å². The summed E-state index contributed by atoms with van der Waals surface area (Å²) in [4.78, 5) is 0. The summed E-state index contributed by atoms with van der Waals surface area (Å²) < 4.78 is 20.1. The van der Waals surface area contributed by atoms with Crippen LogP contribution in [-0.2, 0) is 14.2 Å². The quantitative estimate of drug-likeness (QED) is 0.331. The molecule has 5 heteroatoms. The molecule has 0 amide bonds. The third-order valence-corrected chi connectivity index (χ3v) is 15.2. The predicted octanol–water partition coefficient (Wildman–Crippen LogP) is 7.04. The molecule has 0 unspecified atom stereocenters. The number of allylic oxidation sites excluding steroid dienone is 2. The Kier molecular flexibility index (Phi) is 5.86. The van der Waals surface area contributed by atoms with Gasteiger partial charge in [0.1, 0.15) is 0 Å². The average Bonchev–Trinajstić information content (AvgIpc) is 3.10. The molecule has 0 aromatic heterocycles. The summed E-state index contributed by atoms with van der Waals surface area (Å²) in [6, 6.07) is 0. The first-order chi connectivity index (χ1) is 18.8. The van der Waals surface area contributed by atoms with E-state index in [4.69, 9.17) is 14.2 Å². The minimum absolute atomic E-state index is 0.0148. The maximum Gasteiger partial charge on any atom is 0.163 e. The Bertz CT molecular complexity index is 1160. The van der Waals surface area contributed by atoms with Crippen LogP contribution >= 0.6 is 0 Å². The fourth-order valence-electron chi connectivity index (χ4n) is 13.4. The van der Waals surface area contributed by atoms with Crippen molar-refractivity contribution in [3.05, 3.63) is 11.6 Å². The Labute approximate surface area is 249 Å². The van der Waals surface area contributed by atoms with E-state index in [0.717, 1.165) is 25.7 Å². The first-order valence-corrected chi connectivity index (χ1v) is 16.8. The van der Waals surface area contributed by atoms with E-state index in [1.807, 2.05) is 13.8 Å². The van der Waals surface area contributed by atoms with E-state index in [1.165, 1.54) is 31.3 Å². The van der Waals surface area contributed by atoms with Crippen molar-refractivity contribution in [3.8, 4) is 0 Å². The van der Waals surface area contributed by atoms with Gasteiger partial charge in [-0.1, -0.05) is 53.2 Å². The highest BCUT2D eigenvalue weighted by molar-refractivity contribution is 5.37. The summed E-state index contributed by atoms with van der Waals surface area (Å²) in [7, 11) is 0. The monoisotopic (exact) mass is 570 g/mol. The number of ether oxygens (including phenoxy) is 3. The second kappa shape index (κ2) is 8.22. The average molecular weight is 571 g/mol. The maximum atomic E-state index is 11.7. The van der Waals surface area contributed by atoms with E-state index in [1.54, 1.807) is 0 Å². The molecule has 2 aliphatic heterocycles. The van der Waals surface area contributed by atoms with E-state index in [0.29, 0.717) is 17.9 Å². The maximum absolute atomic E-state index is 11.7. The van der Waals surface area contributed by atoms with Crippen molar-refractivity contribution in [3.63, 3.8) is 0 Å². The fourth-order valence-corrected chi connectivity index (χ4v) is 13.4. The number of aliphatic hydroxyl groups is 2. The van der Waals surface area contributed by atoms with Crippen molar-refractivity contribution in [1.82, 2.24) is 0 Å². The molecule has 41 heavy (non-hydrogen) atoms.